The van der Waals surface area contributed by atoms with Crippen LogP contribution in [0.4, 0.5) is 0 Å². The van der Waals surface area contributed by atoms with Gasteiger partial charge in [0, 0.05) is 0 Å². The van der Waals surface area contributed by atoms with Gasteiger partial charge >= 0.3 is 0 Å². The first-order chi connectivity index (χ1) is 6.69. The predicted molar refractivity (Wildman–Crippen MR) is 65.1 cm³/mol. The van der Waals surface area contributed by atoms with E-state index in [1.54, 1.807) is 0 Å². The lowest BCUT2D eigenvalue weighted by atomic mass is 9.99. The van der Waals surface area contributed by atoms with Gasteiger partial charge in [-0.2, -0.15) is 0 Å². The van der Waals surface area contributed by atoms with Gasteiger partial charge < -0.3 is 0 Å². The highest BCUT2D eigenvalue weighted by Gasteiger charge is 1.99. The predicted octanol–water partition coefficient (Wildman–Crippen LogP) is 4.53. The molecule has 14 heavy (non-hydrogen) atoms. The first-order valence-corrected chi connectivity index (χ1v) is 5.10. The maximum absolute atomic E-state index is 4.05. The van der Waals surface area contributed by atoms with Gasteiger partial charge in [-0.3, -0.25) is 0 Å². The molecule has 0 spiro atoms. The highest BCUT2D eigenvalue weighted by atomic mass is 14.0. The zero-order valence-corrected chi connectivity index (χ0v) is 9.30. The SMILES string of the molecule is C=C(CC)c1cccc(/C(C)=C/C)c1. The summed E-state index contributed by atoms with van der Waals surface area (Å²) in [5, 5.41) is 0. The minimum Gasteiger partial charge on any atom is -0.0952 e. The zero-order chi connectivity index (χ0) is 10.6. The third kappa shape index (κ3) is 2.35. The van der Waals surface area contributed by atoms with Crippen LogP contribution < -0.4 is 0 Å². The Morgan fingerprint density at radius 2 is 2.00 bits per heavy atom. The Labute approximate surface area is 87.0 Å². The van der Waals surface area contributed by atoms with E-state index in [2.05, 4.69) is 57.7 Å². The van der Waals surface area contributed by atoms with Crippen LogP contribution in [-0.2, 0) is 0 Å². The summed E-state index contributed by atoms with van der Waals surface area (Å²) in [7, 11) is 0. The van der Waals surface area contributed by atoms with E-state index in [1.807, 2.05) is 0 Å². The van der Waals surface area contributed by atoms with E-state index in [9.17, 15) is 0 Å². The van der Waals surface area contributed by atoms with Crippen LogP contribution in [0.25, 0.3) is 11.1 Å². The molecular weight excluding hydrogens is 168 g/mol. The van der Waals surface area contributed by atoms with Crippen molar-refractivity contribution in [2.75, 3.05) is 0 Å². The van der Waals surface area contributed by atoms with Crippen LogP contribution in [-0.4, -0.2) is 0 Å². The van der Waals surface area contributed by atoms with Crippen molar-refractivity contribution in [1.82, 2.24) is 0 Å². The summed E-state index contributed by atoms with van der Waals surface area (Å²) in [6.07, 6.45) is 3.15. The fraction of sp³-hybridized carbons (Fsp3) is 0.286. The summed E-state index contributed by atoms with van der Waals surface area (Å²) >= 11 is 0. The molecule has 74 valence electrons. The Kier molecular flexibility index (Phi) is 3.70. The van der Waals surface area contributed by atoms with Crippen LogP contribution in [0.15, 0.2) is 36.9 Å². The van der Waals surface area contributed by atoms with Gasteiger partial charge in [0.15, 0.2) is 0 Å². The van der Waals surface area contributed by atoms with Crippen LogP contribution in [0.5, 0.6) is 0 Å². The summed E-state index contributed by atoms with van der Waals surface area (Å²) in [6.45, 7) is 10.4. The molecule has 0 atom stereocenters. The molecule has 0 N–H and O–H groups in total. The first kappa shape index (κ1) is 10.8. The van der Waals surface area contributed by atoms with Crippen LogP contribution in [0, 0.1) is 0 Å². The number of hydrogen-bond acceptors (Lipinski definition) is 0. The Hall–Kier alpha value is -1.30. The molecule has 0 radical (unpaired) electrons. The quantitative estimate of drug-likeness (QED) is 0.650. The Bertz CT molecular complexity index is 356. The minimum absolute atomic E-state index is 1.01. The largest absolute Gasteiger partial charge is 0.0952 e. The summed E-state index contributed by atoms with van der Waals surface area (Å²) in [4.78, 5) is 0. The molecule has 0 nitrogen and oxygen atoms in total. The second kappa shape index (κ2) is 4.80. The molecule has 1 aromatic rings. The van der Waals surface area contributed by atoms with Gasteiger partial charge in [0.2, 0.25) is 0 Å². The molecule has 0 aromatic heterocycles. The van der Waals surface area contributed by atoms with E-state index < -0.39 is 0 Å². The molecule has 0 unspecified atom stereocenters. The molecule has 0 amide bonds. The van der Waals surface area contributed by atoms with Crippen molar-refractivity contribution in [3.63, 3.8) is 0 Å². The van der Waals surface area contributed by atoms with E-state index in [4.69, 9.17) is 0 Å². The zero-order valence-electron chi connectivity index (χ0n) is 9.30. The number of benzene rings is 1. The summed E-state index contributed by atoms with van der Waals surface area (Å²) in [5.74, 6) is 0. The molecule has 0 aliphatic carbocycles. The van der Waals surface area contributed by atoms with E-state index in [-0.39, 0.29) is 0 Å². The summed E-state index contributed by atoms with van der Waals surface area (Å²) < 4.78 is 0. The van der Waals surface area contributed by atoms with Crippen LogP contribution in [0.2, 0.25) is 0 Å². The van der Waals surface area contributed by atoms with Crippen molar-refractivity contribution < 1.29 is 0 Å². The van der Waals surface area contributed by atoms with Gasteiger partial charge in [0.25, 0.3) is 0 Å². The molecule has 0 fully saturated rings. The van der Waals surface area contributed by atoms with Crippen molar-refractivity contribution in [2.24, 2.45) is 0 Å². The maximum Gasteiger partial charge on any atom is -0.0224 e. The molecule has 0 bridgehead atoms. The van der Waals surface area contributed by atoms with Crippen molar-refractivity contribution in [3.8, 4) is 0 Å². The van der Waals surface area contributed by atoms with Crippen LogP contribution >= 0.6 is 0 Å². The number of hydrogen-bond donors (Lipinski definition) is 0. The van der Waals surface area contributed by atoms with Crippen molar-refractivity contribution in [2.45, 2.75) is 27.2 Å². The number of allylic oxidation sites excluding steroid dienone is 3. The third-order valence-corrected chi connectivity index (χ3v) is 2.59. The summed E-state index contributed by atoms with van der Waals surface area (Å²) in [6, 6.07) is 8.57. The van der Waals surface area contributed by atoms with E-state index >= 15 is 0 Å². The fourth-order valence-electron chi connectivity index (χ4n) is 1.36. The van der Waals surface area contributed by atoms with Crippen molar-refractivity contribution >= 4 is 11.1 Å². The standard InChI is InChI=1S/C14H18/c1-5-11(3)13-8-7-9-14(10-13)12(4)6-2/h6-10H,3,5H2,1-2,4H3/b12-6+. The second-order valence-electron chi connectivity index (χ2n) is 3.51. The molecule has 0 aliphatic heterocycles. The first-order valence-electron chi connectivity index (χ1n) is 5.10. The lowest BCUT2D eigenvalue weighted by Gasteiger charge is -2.06. The van der Waals surface area contributed by atoms with E-state index in [0.29, 0.717) is 0 Å². The summed E-state index contributed by atoms with van der Waals surface area (Å²) in [5.41, 5.74) is 5.07. The molecule has 0 heterocycles. The van der Waals surface area contributed by atoms with Gasteiger partial charge in [0.05, 0.1) is 0 Å². The molecule has 0 saturated carbocycles. The van der Waals surface area contributed by atoms with Crippen LogP contribution in [0.1, 0.15) is 38.3 Å². The molecule has 1 aromatic carbocycles. The van der Waals surface area contributed by atoms with E-state index in [1.165, 1.54) is 22.3 Å². The fourth-order valence-corrected chi connectivity index (χ4v) is 1.36. The van der Waals surface area contributed by atoms with Crippen molar-refractivity contribution in [3.05, 3.63) is 48.0 Å². The average Bonchev–Trinajstić information content (AvgIpc) is 2.27. The van der Waals surface area contributed by atoms with Gasteiger partial charge in [-0.25, -0.2) is 0 Å². The lowest BCUT2D eigenvalue weighted by molar-refractivity contribution is 1.24. The second-order valence-corrected chi connectivity index (χ2v) is 3.51. The highest BCUT2D eigenvalue weighted by molar-refractivity contribution is 5.70. The molecular formula is C14H18. The Balaban J connectivity index is 3.07. The monoisotopic (exact) mass is 186 g/mol. The Morgan fingerprint density at radius 1 is 1.36 bits per heavy atom. The minimum atomic E-state index is 1.01. The van der Waals surface area contributed by atoms with Gasteiger partial charge in [-0.05, 0) is 48.6 Å². The average molecular weight is 186 g/mol. The van der Waals surface area contributed by atoms with Crippen LogP contribution in [0.3, 0.4) is 0 Å². The van der Waals surface area contributed by atoms with Gasteiger partial charge in [-0.15, -0.1) is 0 Å². The topological polar surface area (TPSA) is 0 Å². The highest BCUT2D eigenvalue weighted by Crippen LogP contribution is 2.20. The van der Waals surface area contributed by atoms with Crippen molar-refractivity contribution in [1.29, 1.82) is 0 Å². The number of rotatable bonds is 3. The Morgan fingerprint density at radius 3 is 2.57 bits per heavy atom. The maximum atomic E-state index is 4.05. The van der Waals surface area contributed by atoms with Gasteiger partial charge in [-0.1, -0.05) is 37.8 Å². The van der Waals surface area contributed by atoms with E-state index in [0.717, 1.165) is 6.42 Å². The van der Waals surface area contributed by atoms with Gasteiger partial charge in [0.1, 0.15) is 0 Å². The normalized spacial score (nSPS) is 11.5. The molecule has 1 rings (SSSR count). The lowest BCUT2D eigenvalue weighted by Crippen LogP contribution is -1.84. The smallest absolute Gasteiger partial charge is 0.0224 e. The molecule has 0 saturated heterocycles. The molecule has 0 aliphatic rings. The molecule has 0 heteroatoms. The third-order valence-electron chi connectivity index (χ3n) is 2.59.